The third kappa shape index (κ3) is 6.74. The molecule has 1 fully saturated rings. The van der Waals surface area contributed by atoms with Crippen LogP contribution in [-0.2, 0) is 22.4 Å². The average molecular weight is 540 g/mol. The Labute approximate surface area is 251 Å². The molecule has 1 aliphatic heterocycles. The monoisotopic (exact) mass is 539 g/mol. The van der Waals surface area contributed by atoms with Gasteiger partial charge in [0.1, 0.15) is 17.3 Å². The summed E-state index contributed by atoms with van der Waals surface area (Å²) in [7, 11) is 0. The van der Waals surface area contributed by atoms with Gasteiger partial charge in [-0.2, -0.15) is 0 Å². The molecule has 0 atom stereocenters. The topological polar surface area (TPSA) is 101 Å². The zero-order valence-corrected chi connectivity index (χ0v) is 25.3. The first kappa shape index (κ1) is 29.3. The minimum atomic E-state index is -1.04. The molecule has 0 spiro atoms. The van der Waals surface area contributed by atoms with Crippen LogP contribution < -0.4 is 44.3 Å². The number of oxazole rings is 1. The second kappa shape index (κ2) is 12.7. The fourth-order valence-corrected chi connectivity index (χ4v) is 5.01. The maximum Gasteiger partial charge on any atom is 1.00 e. The fraction of sp³-hybridized carbons (Fsp3) is 0.433. The second-order valence-corrected chi connectivity index (χ2v) is 10.5. The molecule has 0 amide bonds. The molecule has 0 bridgehead atoms. The summed E-state index contributed by atoms with van der Waals surface area (Å²) in [6.07, 6.45) is 6.70. The van der Waals surface area contributed by atoms with E-state index < -0.39 is 11.4 Å². The number of aromatic nitrogens is 2. The number of allylic oxidation sites excluding steroid dienone is 2. The van der Waals surface area contributed by atoms with Gasteiger partial charge in [-0.3, -0.25) is 0 Å². The zero-order chi connectivity index (χ0) is 26.7. The Bertz CT molecular complexity index is 1330. The molecule has 9 heteroatoms. The quantitative estimate of drug-likeness (QED) is 0.372. The van der Waals surface area contributed by atoms with Gasteiger partial charge in [0, 0.05) is 42.7 Å². The predicted octanol–water partition coefficient (Wildman–Crippen LogP) is 1.00. The molecular weight excluding hydrogens is 505 g/mol. The molecule has 0 radical (unpaired) electrons. The smallest absolute Gasteiger partial charge is 0.550 e. The summed E-state index contributed by atoms with van der Waals surface area (Å²) in [5, 5.41) is 11.6. The van der Waals surface area contributed by atoms with E-state index in [0.29, 0.717) is 25.3 Å². The van der Waals surface area contributed by atoms with Gasteiger partial charge in [-0.05, 0) is 55.5 Å². The van der Waals surface area contributed by atoms with Crippen molar-refractivity contribution in [2.75, 3.05) is 37.8 Å². The Morgan fingerprint density at radius 1 is 1.18 bits per heavy atom. The van der Waals surface area contributed by atoms with Gasteiger partial charge in [-0.25, -0.2) is 9.97 Å². The van der Waals surface area contributed by atoms with E-state index in [9.17, 15) is 9.90 Å². The first-order valence-electron chi connectivity index (χ1n) is 13.2. The maximum absolute atomic E-state index is 11.6. The molecule has 3 heterocycles. The van der Waals surface area contributed by atoms with Gasteiger partial charge < -0.3 is 28.7 Å². The van der Waals surface area contributed by atoms with Crippen LogP contribution in [0.3, 0.4) is 0 Å². The number of hydrogen-bond acceptors (Lipinski definition) is 8. The van der Waals surface area contributed by atoms with Crippen molar-refractivity contribution in [1.29, 1.82) is 0 Å². The predicted molar refractivity (Wildman–Crippen MR) is 143 cm³/mol. The third-order valence-corrected chi connectivity index (χ3v) is 7.27. The Hall–Kier alpha value is -2.65. The Kier molecular flexibility index (Phi) is 9.54. The summed E-state index contributed by atoms with van der Waals surface area (Å²) in [5.74, 6) is 2.06. The van der Waals surface area contributed by atoms with Crippen molar-refractivity contribution in [1.82, 2.24) is 9.97 Å². The first-order valence-corrected chi connectivity index (χ1v) is 13.2. The fourth-order valence-electron chi connectivity index (χ4n) is 5.01. The molecule has 2 aromatic heterocycles. The van der Waals surface area contributed by atoms with Crippen LogP contribution in [0.15, 0.2) is 47.0 Å². The van der Waals surface area contributed by atoms with Crippen molar-refractivity contribution in [3.8, 4) is 17.2 Å². The molecule has 1 aromatic carbocycles. The van der Waals surface area contributed by atoms with Crippen LogP contribution in [0.4, 0.5) is 5.82 Å². The number of morpholine rings is 1. The van der Waals surface area contributed by atoms with Gasteiger partial charge in [-0.15, -0.1) is 0 Å². The van der Waals surface area contributed by atoms with E-state index in [4.69, 9.17) is 18.9 Å². The Morgan fingerprint density at radius 2 is 1.97 bits per heavy atom. The van der Waals surface area contributed by atoms with Crippen LogP contribution in [0.2, 0.25) is 0 Å². The number of carbonyl (C=O) groups is 1. The van der Waals surface area contributed by atoms with Crippen molar-refractivity contribution < 1.29 is 53.3 Å². The molecule has 0 saturated carbocycles. The number of benzene rings is 1. The summed E-state index contributed by atoms with van der Waals surface area (Å²) in [6, 6.07) is 9.98. The van der Waals surface area contributed by atoms with Gasteiger partial charge in [-0.1, -0.05) is 32.1 Å². The number of fused-ring (bicyclic) bond motifs is 1. The average Bonchev–Trinajstić information content (AvgIpc) is 3.29. The number of anilines is 1. The molecule has 39 heavy (non-hydrogen) atoms. The molecular formula is C30H34N3NaO5. The van der Waals surface area contributed by atoms with Crippen molar-refractivity contribution in [2.45, 2.75) is 46.5 Å². The second-order valence-electron chi connectivity index (χ2n) is 10.5. The first-order chi connectivity index (χ1) is 18.3. The molecule has 3 aromatic rings. The zero-order valence-electron chi connectivity index (χ0n) is 23.3. The van der Waals surface area contributed by atoms with Gasteiger partial charge in [0.25, 0.3) is 0 Å². The van der Waals surface area contributed by atoms with E-state index in [2.05, 4.69) is 16.0 Å². The number of aryl methyl sites for hydroxylation is 1. The minimum Gasteiger partial charge on any atom is -0.550 e. The van der Waals surface area contributed by atoms with Crippen molar-refractivity contribution in [2.24, 2.45) is 5.41 Å². The van der Waals surface area contributed by atoms with Gasteiger partial charge in [0.05, 0.1) is 31.1 Å². The van der Waals surface area contributed by atoms with Crippen LogP contribution in [0.5, 0.6) is 5.75 Å². The van der Waals surface area contributed by atoms with E-state index in [1.165, 1.54) is 0 Å². The van der Waals surface area contributed by atoms with Crippen LogP contribution >= 0.6 is 0 Å². The van der Waals surface area contributed by atoms with Crippen molar-refractivity contribution >= 4 is 17.4 Å². The molecule has 2 aliphatic rings. The third-order valence-electron chi connectivity index (χ3n) is 7.27. The van der Waals surface area contributed by atoms with E-state index >= 15 is 0 Å². The molecule has 0 N–H and O–H groups in total. The van der Waals surface area contributed by atoms with E-state index in [1.54, 1.807) is 20.0 Å². The van der Waals surface area contributed by atoms with E-state index in [0.717, 1.165) is 84.4 Å². The molecule has 1 saturated heterocycles. The minimum absolute atomic E-state index is 0. The van der Waals surface area contributed by atoms with Crippen molar-refractivity contribution in [3.63, 3.8) is 0 Å². The Morgan fingerprint density at radius 3 is 2.69 bits per heavy atom. The molecule has 8 nitrogen and oxygen atoms in total. The molecule has 1 aliphatic carbocycles. The van der Waals surface area contributed by atoms with Crippen LogP contribution in [0, 0.1) is 12.3 Å². The number of pyridine rings is 1. The standard InChI is InChI=1S/C30H35N3O5.Na/c1-20-25(32-28(38-20)22-10-11-27(31-19-22)33-13-16-36-17-14-33)12-15-37-26-9-5-7-23-21(6-4-8-24(23)26)18-30(2,3)29(34)35;/h5-7,9-11,19H,4,8,12-18H2,1-3H3,(H,34,35);/q;+1/p-1. The Balaban J connectivity index is 0.00000353. The normalized spacial score (nSPS) is 15.3. The summed E-state index contributed by atoms with van der Waals surface area (Å²) < 4.78 is 17.6. The number of aliphatic carboxylic acids is 1. The SMILES string of the molecule is Cc1oc(-c2ccc(N3CCOCC3)nc2)nc1CCOc1cccc2c1CCC=C2CC(C)(C)C(=O)[O-].[Na+]. The number of carbonyl (C=O) groups excluding carboxylic acids is 1. The molecule has 200 valence electrons. The summed E-state index contributed by atoms with van der Waals surface area (Å²) in [6.45, 7) is 8.92. The summed E-state index contributed by atoms with van der Waals surface area (Å²) in [5.41, 5.74) is 4.00. The summed E-state index contributed by atoms with van der Waals surface area (Å²) >= 11 is 0. The van der Waals surface area contributed by atoms with Gasteiger partial charge >= 0.3 is 29.6 Å². The largest absolute Gasteiger partial charge is 1.00 e. The maximum atomic E-state index is 11.6. The van der Waals surface area contributed by atoms with E-state index in [-0.39, 0.29) is 29.6 Å². The number of hydrogen-bond donors (Lipinski definition) is 0. The molecule has 0 unspecified atom stereocenters. The van der Waals surface area contributed by atoms with Crippen molar-refractivity contribution in [3.05, 3.63) is 65.2 Å². The number of rotatable bonds is 9. The molecule has 5 rings (SSSR count). The van der Waals surface area contributed by atoms with Crippen LogP contribution in [-0.4, -0.2) is 48.8 Å². The van der Waals surface area contributed by atoms with Crippen LogP contribution in [0.1, 0.15) is 49.3 Å². The van der Waals surface area contributed by atoms with Crippen LogP contribution in [0.25, 0.3) is 17.0 Å². The van der Waals surface area contributed by atoms with E-state index in [1.807, 2.05) is 37.3 Å². The van der Waals surface area contributed by atoms with Gasteiger partial charge in [0.15, 0.2) is 0 Å². The number of nitrogens with zero attached hydrogens (tertiary/aromatic N) is 3. The summed E-state index contributed by atoms with van der Waals surface area (Å²) in [4.78, 5) is 23.1. The number of ether oxygens (including phenoxy) is 2. The number of carboxylic acid groups (broad SMARTS) is 1. The van der Waals surface area contributed by atoms with Gasteiger partial charge in [0.2, 0.25) is 5.89 Å². The number of carboxylic acids is 1.